The molecule has 1 aliphatic heterocycles. The van der Waals surface area contributed by atoms with Crippen molar-refractivity contribution in [3.63, 3.8) is 0 Å². The first kappa shape index (κ1) is 20.7. The van der Waals surface area contributed by atoms with Crippen LogP contribution < -0.4 is 16.0 Å². The standard InChI is InChI=1S/C20H28N4O3/c1-6-15-16(17(21)23-19(22-15)27-5)18(25)24(4)14-11-9-13(10-12-14)20(26,7-2)8-3/h6,9-12,17,26H,1,7-8,21H2,2-5H3,(H,22,23). The predicted molar refractivity (Wildman–Crippen MR) is 107 cm³/mol. The number of carbonyl (C=O) groups excluding carboxylic acids is 1. The maximum absolute atomic E-state index is 13.0. The van der Waals surface area contributed by atoms with Crippen LogP contribution in [0.15, 0.2) is 53.2 Å². The number of aliphatic imine (C=N–C) groups is 1. The third kappa shape index (κ3) is 4.04. The van der Waals surface area contributed by atoms with Crippen LogP contribution >= 0.6 is 0 Å². The van der Waals surface area contributed by atoms with E-state index in [1.54, 1.807) is 7.05 Å². The van der Waals surface area contributed by atoms with Gasteiger partial charge in [-0.15, -0.1) is 0 Å². The van der Waals surface area contributed by atoms with Crippen molar-refractivity contribution >= 4 is 17.6 Å². The first-order valence-electron chi connectivity index (χ1n) is 8.93. The summed E-state index contributed by atoms with van der Waals surface area (Å²) in [7, 11) is 3.13. The number of rotatable bonds is 6. The van der Waals surface area contributed by atoms with Gasteiger partial charge >= 0.3 is 0 Å². The number of hydrogen-bond donors (Lipinski definition) is 3. The van der Waals surface area contributed by atoms with E-state index in [9.17, 15) is 9.90 Å². The van der Waals surface area contributed by atoms with Gasteiger partial charge in [0.1, 0.15) is 6.17 Å². The van der Waals surface area contributed by atoms with E-state index in [1.165, 1.54) is 18.1 Å². The maximum Gasteiger partial charge on any atom is 0.290 e. The molecule has 4 N–H and O–H groups in total. The zero-order valence-electron chi connectivity index (χ0n) is 16.3. The number of anilines is 1. The lowest BCUT2D eigenvalue weighted by Gasteiger charge is -2.28. The first-order chi connectivity index (χ1) is 12.8. The lowest BCUT2D eigenvalue weighted by atomic mass is 9.88. The molecule has 27 heavy (non-hydrogen) atoms. The molecule has 1 aliphatic rings. The summed E-state index contributed by atoms with van der Waals surface area (Å²) in [5, 5.41) is 13.5. The number of hydrogen-bond acceptors (Lipinski definition) is 6. The average Bonchev–Trinajstić information content (AvgIpc) is 2.71. The molecule has 0 bridgehead atoms. The monoisotopic (exact) mass is 372 g/mol. The molecule has 1 aromatic rings. The molecule has 1 amide bonds. The number of ether oxygens (including phenoxy) is 1. The van der Waals surface area contributed by atoms with Crippen LogP contribution in [0, 0.1) is 0 Å². The van der Waals surface area contributed by atoms with E-state index in [4.69, 9.17) is 10.5 Å². The molecule has 0 aromatic heterocycles. The van der Waals surface area contributed by atoms with E-state index >= 15 is 0 Å². The Hall–Kier alpha value is -2.64. The number of likely N-dealkylation sites (N-methyl/N-ethyl adjacent to an activating group) is 1. The number of amides is 1. The van der Waals surface area contributed by atoms with Gasteiger partial charge in [0.25, 0.3) is 11.9 Å². The van der Waals surface area contributed by atoms with Crippen molar-refractivity contribution in [1.29, 1.82) is 0 Å². The van der Waals surface area contributed by atoms with Crippen LogP contribution in [0.1, 0.15) is 32.3 Å². The largest absolute Gasteiger partial charge is 0.468 e. The van der Waals surface area contributed by atoms with Crippen LogP contribution in [0.4, 0.5) is 5.69 Å². The van der Waals surface area contributed by atoms with E-state index in [0.717, 1.165) is 5.56 Å². The Kier molecular flexibility index (Phi) is 6.41. The maximum atomic E-state index is 13.0. The highest BCUT2D eigenvalue weighted by Gasteiger charge is 2.30. The van der Waals surface area contributed by atoms with Gasteiger partial charge in [0.05, 0.1) is 24.0 Å². The smallest absolute Gasteiger partial charge is 0.290 e. The average molecular weight is 372 g/mol. The Bertz CT molecular complexity index is 764. The number of aliphatic hydroxyl groups is 1. The summed E-state index contributed by atoms with van der Waals surface area (Å²) in [5.41, 5.74) is 7.47. The van der Waals surface area contributed by atoms with E-state index in [2.05, 4.69) is 16.9 Å². The third-order valence-corrected chi connectivity index (χ3v) is 4.98. The Morgan fingerprint density at radius 3 is 2.48 bits per heavy atom. The van der Waals surface area contributed by atoms with Crippen molar-refractivity contribution < 1.29 is 14.6 Å². The molecule has 7 heteroatoms. The molecule has 0 spiro atoms. The number of amidine groups is 1. The number of nitrogens with zero attached hydrogens (tertiary/aromatic N) is 2. The van der Waals surface area contributed by atoms with Crippen molar-refractivity contribution in [2.24, 2.45) is 10.7 Å². The summed E-state index contributed by atoms with van der Waals surface area (Å²) in [6.45, 7) is 7.62. The quantitative estimate of drug-likeness (QED) is 0.709. The molecule has 0 fully saturated rings. The SMILES string of the molecule is C=CC1=C(C(=O)N(C)c2ccc(C(O)(CC)CC)cc2)C(N)N=C(OC)N1. The predicted octanol–water partition coefficient (Wildman–Crippen LogP) is 1.99. The van der Waals surface area contributed by atoms with Gasteiger partial charge in [0.2, 0.25) is 0 Å². The highest BCUT2D eigenvalue weighted by Crippen LogP contribution is 2.30. The fourth-order valence-electron chi connectivity index (χ4n) is 3.02. The molecule has 1 atom stereocenters. The zero-order chi connectivity index (χ0) is 20.2. The third-order valence-electron chi connectivity index (χ3n) is 4.98. The Morgan fingerprint density at radius 2 is 2.00 bits per heavy atom. The van der Waals surface area contributed by atoms with Crippen LogP contribution in [0.5, 0.6) is 0 Å². The van der Waals surface area contributed by atoms with Gasteiger partial charge in [-0.05, 0) is 36.6 Å². The van der Waals surface area contributed by atoms with Crippen molar-refractivity contribution in [1.82, 2.24) is 5.32 Å². The van der Waals surface area contributed by atoms with Crippen LogP contribution in [-0.2, 0) is 15.1 Å². The van der Waals surface area contributed by atoms with Gasteiger partial charge in [-0.2, -0.15) is 0 Å². The summed E-state index contributed by atoms with van der Waals surface area (Å²) in [6, 6.07) is 7.54. The minimum Gasteiger partial charge on any atom is -0.468 e. The van der Waals surface area contributed by atoms with Gasteiger partial charge in [-0.25, -0.2) is 4.99 Å². The normalized spacial score (nSPS) is 17.1. The van der Waals surface area contributed by atoms with Crippen LogP contribution in [0.2, 0.25) is 0 Å². The summed E-state index contributed by atoms with van der Waals surface area (Å²) in [5.74, 6) is -0.294. The number of methoxy groups -OCH3 is 1. The van der Waals surface area contributed by atoms with Gasteiger partial charge in [-0.1, -0.05) is 32.6 Å². The molecule has 0 aliphatic carbocycles. The fourth-order valence-corrected chi connectivity index (χ4v) is 3.02. The lowest BCUT2D eigenvalue weighted by molar-refractivity contribution is -0.115. The molecule has 2 rings (SSSR count). The van der Waals surface area contributed by atoms with Gasteiger partial charge < -0.3 is 25.8 Å². The van der Waals surface area contributed by atoms with Crippen molar-refractivity contribution in [2.45, 2.75) is 38.5 Å². The summed E-state index contributed by atoms with van der Waals surface area (Å²) in [4.78, 5) is 18.6. The molecular weight excluding hydrogens is 344 g/mol. The fraction of sp³-hybridized carbons (Fsp3) is 0.400. The number of nitrogens with two attached hydrogens (primary N) is 1. The zero-order valence-corrected chi connectivity index (χ0v) is 16.3. The topological polar surface area (TPSA) is 100 Å². The molecular formula is C20H28N4O3. The van der Waals surface area contributed by atoms with Crippen molar-refractivity contribution in [3.8, 4) is 0 Å². The number of allylic oxidation sites excluding steroid dienone is 1. The van der Waals surface area contributed by atoms with Gasteiger partial charge in [-0.3, -0.25) is 4.79 Å². The summed E-state index contributed by atoms with van der Waals surface area (Å²) >= 11 is 0. The summed E-state index contributed by atoms with van der Waals surface area (Å²) in [6.07, 6.45) is 1.90. The van der Waals surface area contributed by atoms with E-state index in [0.29, 0.717) is 29.8 Å². The number of nitrogens with one attached hydrogen (secondary N) is 1. The minimum absolute atomic E-state index is 0.236. The molecule has 0 saturated carbocycles. The lowest BCUT2D eigenvalue weighted by Crippen LogP contribution is -2.43. The summed E-state index contributed by atoms with van der Waals surface area (Å²) < 4.78 is 5.06. The van der Waals surface area contributed by atoms with Crippen LogP contribution in [0.25, 0.3) is 0 Å². The molecule has 1 aromatic carbocycles. The highest BCUT2D eigenvalue weighted by molar-refractivity contribution is 6.07. The molecule has 0 saturated heterocycles. The van der Waals surface area contributed by atoms with Crippen molar-refractivity contribution in [3.05, 3.63) is 53.8 Å². The minimum atomic E-state index is -0.861. The number of carbonyl (C=O) groups is 1. The second-order valence-electron chi connectivity index (χ2n) is 6.39. The van der Waals surface area contributed by atoms with Crippen LogP contribution in [-0.4, -0.2) is 37.4 Å². The molecule has 146 valence electrons. The van der Waals surface area contributed by atoms with Gasteiger partial charge in [0.15, 0.2) is 0 Å². The van der Waals surface area contributed by atoms with Crippen molar-refractivity contribution in [2.75, 3.05) is 19.1 Å². The van der Waals surface area contributed by atoms with Crippen LogP contribution in [0.3, 0.4) is 0 Å². The highest BCUT2D eigenvalue weighted by atomic mass is 16.5. The molecule has 1 heterocycles. The Morgan fingerprint density at radius 1 is 1.41 bits per heavy atom. The second kappa shape index (κ2) is 8.37. The first-order valence-corrected chi connectivity index (χ1v) is 8.93. The molecule has 0 radical (unpaired) electrons. The van der Waals surface area contributed by atoms with E-state index < -0.39 is 11.8 Å². The Labute approximate surface area is 160 Å². The van der Waals surface area contributed by atoms with Gasteiger partial charge in [0, 0.05) is 12.7 Å². The van der Waals surface area contributed by atoms with E-state index in [1.807, 2.05) is 38.1 Å². The number of benzene rings is 1. The molecule has 1 unspecified atom stereocenters. The molecule has 7 nitrogen and oxygen atoms in total. The second-order valence-corrected chi connectivity index (χ2v) is 6.39. The Balaban J connectivity index is 2.29. The van der Waals surface area contributed by atoms with E-state index in [-0.39, 0.29) is 11.9 Å².